The molecule has 4 rings (SSSR count). The first-order chi connectivity index (χ1) is 23.7. The Labute approximate surface area is 307 Å². The Morgan fingerprint density at radius 1 is 0.812 bits per heavy atom. The van der Waals surface area contributed by atoms with E-state index >= 15 is 0 Å². The monoisotopic (exact) mass is 698 g/mol. The summed E-state index contributed by atoms with van der Waals surface area (Å²) in [6.07, 6.45) is 9.00. The molecule has 2 heterocycles. The van der Waals surface area contributed by atoms with Gasteiger partial charge in [-0.05, 0) is 130 Å². The summed E-state index contributed by atoms with van der Waals surface area (Å²) in [6, 6.07) is 20.4. The van der Waals surface area contributed by atoms with E-state index in [4.69, 9.17) is 27.6 Å². The number of hydrogen-bond acceptors (Lipinski definition) is 7. The zero-order chi connectivity index (χ0) is 35.1. The number of para-hydroxylation sites is 1. The number of thiazole rings is 1. The molecule has 2 aromatic heterocycles. The van der Waals surface area contributed by atoms with Crippen molar-refractivity contribution in [3.05, 3.63) is 82.7 Å². The van der Waals surface area contributed by atoms with E-state index < -0.39 is 0 Å². The number of aromatic nitrogens is 3. The van der Waals surface area contributed by atoms with Crippen LogP contribution in [0.2, 0.25) is 0 Å². The molecule has 0 aliphatic carbocycles. The van der Waals surface area contributed by atoms with Gasteiger partial charge in [-0.3, -0.25) is 0 Å². The van der Waals surface area contributed by atoms with Gasteiger partial charge >= 0.3 is 0 Å². The van der Waals surface area contributed by atoms with Crippen molar-refractivity contribution in [3.63, 3.8) is 0 Å². The molecule has 0 fully saturated rings. The summed E-state index contributed by atoms with van der Waals surface area (Å²) in [5.74, 6) is 41.9. The Bertz CT molecular complexity index is 2270. The molecule has 48 heavy (non-hydrogen) atoms. The molecule has 0 aliphatic rings. The zero-order valence-corrected chi connectivity index (χ0v) is 28.6. The Hall–Kier alpha value is -6.58. The number of nitrogens with one attached hydrogen (secondary N) is 1. The molecule has 0 amide bonds. The number of terminal acetylenes is 1. The lowest BCUT2D eigenvalue weighted by molar-refractivity contribution is 0.838. The smallest absolute Gasteiger partial charge is 0.129 e. The molecule has 2 aromatic carbocycles. The van der Waals surface area contributed by atoms with Crippen molar-refractivity contribution in [3.8, 4) is 135 Å². The molecule has 1 N–H and O–H groups in total. The Balaban J connectivity index is -0.000000243. The fourth-order valence-corrected chi connectivity index (χ4v) is 4.46. The summed E-state index contributed by atoms with van der Waals surface area (Å²) >= 11 is 10.6. The van der Waals surface area contributed by atoms with Crippen molar-refractivity contribution in [2.75, 3.05) is 6.26 Å². The molecule has 6 nitrogen and oxygen atoms in total. The summed E-state index contributed by atoms with van der Waals surface area (Å²) in [5, 5.41) is 8.80. The highest BCUT2D eigenvalue weighted by Crippen LogP contribution is 2.34. The van der Waals surface area contributed by atoms with Gasteiger partial charge in [0.05, 0.1) is 16.9 Å². The van der Waals surface area contributed by atoms with Gasteiger partial charge < -0.3 is 0 Å². The highest BCUT2D eigenvalue weighted by atomic mass is 32.8. The maximum Gasteiger partial charge on any atom is 0.129 e. The predicted octanol–water partition coefficient (Wildman–Crippen LogP) is 8.15. The summed E-state index contributed by atoms with van der Waals surface area (Å²) in [6.45, 7) is 1.70. The maximum atomic E-state index is 6.86. The normalized spacial score (nSPS) is 7.19. The Kier molecular flexibility index (Phi) is 22.0. The van der Waals surface area contributed by atoms with Crippen LogP contribution < -0.4 is 0 Å². The van der Waals surface area contributed by atoms with Crippen molar-refractivity contribution < 1.29 is 7.13 Å². The molecule has 0 saturated heterocycles. The Morgan fingerprint density at radius 2 is 1.27 bits per heavy atom. The van der Waals surface area contributed by atoms with Crippen LogP contribution in [-0.4, -0.2) is 21.0 Å². The van der Waals surface area contributed by atoms with Crippen LogP contribution in [-0.2, 0) is 22.4 Å². The van der Waals surface area contributed by atoms with Crippen LogP contribution in [0.5, 0.6) is 0 Å². The van der Waals surface area contributed by atoms with E-state index in [1.807, 2.05) is 47.3 Å². The van der Waals surface area contributed by atoms with E-state index in [-0.39, 0.29) is 7.13 Å². The molecule has 0 aliphatic heterocycles. The molecule has 0 unspecified atom stereocenters. The predicted molar refractivity (Wildman–Crippen MR) is 213 cm³/mol. The van der Waals surface area contributed by atoms with Crippen molar-refractivity contribution in [2.24, 2.45) is 0 Å². The minimum atomic E-state index is 0. The van der Waals surface area contributed by atoms with Crippen LogP contribution in [0, 0.1) is 113 Å². The molecule has 0 atom stereocenters. The average molecular weight is 699 g/mol. The first-order valence-corrected chi connectivity index (χ1v) is 16.4. The van der Waals surface area contributed by atoms with E-state index in [2.05, 4.69) is 159 Å². The minimum Gasteiger partial charge on any atom is -0.239 e. The number of thioether (sulfide) groups is 1. The topological polar surface area (TPSA) is 91.0 Å². The minimum absolute atomic E-state index is 0. The van der Waals surface area contributed by atoms with Crippen molar-refractivity contribution in [1.82, 2.24) is 14.8 Å². The molecule has 236 valence electrons. The van der Waals surface area contributed by atoms with Gasteiger partial charge in [0.15, 0.2) is 0 Å². The SMILES string of the molecule is C#CC#CC#CC#CC#CC#CC#CC#CC#CC.CSc1nn(-c2ccccc2)cc1-c1nc(-c2ccccc2)cs1.S=S.[HH].[HH].[HH].[HH].[HH].[N-]=[N+]=N. The fraction of sp³-hybridized carbons (Fsp3) is 0.0526. The lowest BCUT2D eigenvalue weighted by Crippen LogP contribution is -1.93. The van der Waals surface area contributed by atoms with Gasteiger partial charge in [0.25, 0.3) is 0 Å². The van der Waals surface area contributed by atoms with Gasteiger partial charge in [0.1, 0.15) is 10.0 Å². The van der Waals surface area contributed by atoms with Gasteiger partial charge in [-0.1, -0.05) is 54.5 Å². The van der Waals surface area contributed by atoms with E-state index in [1.165, 1.54) is 0 Å². The molecule has 0 spiro atoms. The first kappa shape index (κ1) is 39.4. The fourth-order valence-electron chi connectivity index (χ4n) is 3.01. The quantitative estimate of drug-likeness (QED) is 0.0764. The summed E-state index contributed by atoms with van der Waals surface area (Å²) in [5.41, 5.74) is 16.5. The third-order valence-corrected chi connectivity index (χ3v) is 6.33. The zero-order valence-electron chi connectivity index (χ0n) is 25.4. The standard InChI is InChI=1S/C19H15N3S2.C19H4.HN3.S2.5H2/c1-23-19-16(12-22(21-19)15-10-6-3-7-11-15)18-20-17(13-24-18)14-8-4-2-5-9-14;1-3-5-7-9-11-13-15-17-19-18-16-14-12-10-8-6-4-2;1-3-2;1-2;;;;;/h2-13H,1H3;1H,2H3;1H;;5*1H. The van der Waals surface area contributed by atoms with Crippen LogP contribution >= 0.6 is 23.1 Å². The highest BCUT2D eigenvalue weighted by Gasteiger charge is 2.15. The second-order valence-corrected chi connectivity index (χ2v) is 9.26. The first-order valence-electron chi connectivity index (χ1n) is 12.9. The van der Waals surface area contributed by atoms with E-state index in [0.717, 1.165) is 32.5 Å². The molecular formula is C38H30N6S4. The van der Waals surface area contributed by atoms with Gasteiger partial charge in [-0.25, -0.2) is 9.67 Å². The molecule has 0 bridgehead atoms. The molecule has 10 heteroatoms. The average Bonchev–Trinajstić information content (AvgIpc) is 3.80. The van der Waals surface area contributed by atoms with Crippen LogP contribution in [0.25, 0.3) is 38.0 Å². The van der Waals surface area contributed by atoms with Crippen molar-refractivity contribution in [1.29, 1.82) is 5.53 Å². The summed E-state index contributed by atoms with van der Waals surface area (Å²) in [7, 11) is 0. The van der Waals surface area contributed by atoms with Crippen LogP contribution in [0.4, 0.5) is 0 Å². The Morgan fingerprint density at radius 3 is 1.73 bits per heavy atom. The van der Waals surface area contributed by atoms with E-state index in [9.17, 15) is 0 Å². The van der Waals surface area contributed by atoms with Gasteiger partial charge in [0.2, 0.25) is 0 Å². The van der Waals surface area contributed by atoms with E-state index in [0.29, 0.717) is 0 Å². The largest absolute Gasteiger partial charge is 0.239 e. The van der Waals surface area contributed by atoms with Gasteiger partial charge in [0, 0.05) is 46.6 Å². The number of nitrogens with zero attached hydrogens (tertiary/aromatic N) is 5. The summed E-state index contributed by atoms with van der Waals surface area (Å²) < 4.78 is 1.92. The van der Waals surface area contributed by atoms with Crippen molar-refractivity contribution >= 4 is 45.5 Å². The van der Waals surface area contributed by atoms with Gasteiger partial charge in [-0.15, -0.1) is 35.1 Å². The third kappa shape index (κ3) is 15.9. The van der Waals surface area contributed by atoms with Crippen LogP contribution in [0.1, 0.15) is 14.1 Å². The highest BCUT2D eigenvalue weighted by molar-refractivity contribution is 8.07. The molecule has 0 radical (unpaired) electrons. The second kappa shape index (κ2) is 26.8. The van der Waals surface area contributed by atoms with Gasteiger partial charge in [-0.2, -0.15) is 5.10 Å². The van der Waals surface area contributed by atoms with E-state index in [1.54, 1.807) is 34.9 Å². The molecule has 0 saturated carbocycles. The molecular weight excluding hydrogens is 669 g/mol. The number of hydrogen-bond donors (Lipinski definition) is 1. The summed E-state index contributed by atoms with van der Waals surface area (Å²) in [4.78, 5) is 6.57. The number of rotatable bonds is 4. The van der Waals surface area contributed by atoms with Crippen molar-refractivity contribution in [2.45, 2.75) is 11.9 Å². The second-order valence-electron chi connectivity index (χ2n) is 7.61. The van der Waals surface area contributed by atoms with Crippen LogP contribution in [0.15, 0.2) is 77.3 Å². The lowest BCUT2D eigenvalue weighted by Gasteiger charge is -1.98. The lowest BCUT2D eigenvalue weighted by atomic mass is 10.2. The third-order valence-electron chi connectivity index (χ3n) is 4.77. The maximum absolute atomic E-state index is 6.86. The molecule has 4 aromatic rings. The number of benzene rings is 2. The van der Waals surface area contributed by atoms with Crippen LogP contribution in [0.3, 0.4) is 0 Å².